The van der Waals surface area contributed by atoms with Crippen LogP contribution in [-0.2, 0) is 14.8 Å². The molecule has 0 saturated carbocycles. The van der Waals surface area contributed by atoms with Gasteiger partial charge in [0.1, 0.15) is 0 Å². The molecule has 0 fully saturated rings. The van der Waals surface area contributed by atoms with Crippen LogP contribution in [0.4, 0.5) is 0 Å². The number of primary sulfonamides is 1. The van der Waals surface area contributed by atoms with E-state index in [0.29, 0.717) is 0 Å². The lowest BCUT2D eigenvalue weighted by molar-refractivity contribution is -0.128. The lowest BCUT2D eigenvalue weighted by Gasteiger charge is -2.19. The Hall–Kier alpha value is -0.330. The Bertz CT molecular complexity index is 300. The molecule has 0 unspecified atom stereocenters. The summed E-state index contributed by atoms with van der Waals surface area (Å²) in [6.45, 7) is 3.36. The first-order chi connectivity index (χ1) is 6.19. The maximum absolute atomic E-state index is 11.4. The summed E-state index contributed by atoms with van der Waals surface area (Å²) in [6.07, 6.45) is 0. The molecular formula is C7H15ClN2O3S. The molecule has 0 bridgehead atoms. The number of alkyl halides is 1. The maximum atomic E-state index is 11.4. The zero-order valence-electron chi connectivity index (χ0n) is 8.21. The normalized spacial score (nSPS) is 12.6. The van der Waals surface area contributed by atoms with Crippen LogP contribution in [0.2, 0.25) is 0 Å². The molecule has 5 nitrogen and oxygen atoms in total. The Morgan fingerprint density at radius 1 is 1.50 bits per heavy atom. The third-order valence-electron chi connectivity index (χ3n) is 1.62. The van der Waals surface area contributed by atoms with E-state index in [9.17, 15) is 13.2 Å². The summed E-state index contributed by atoms with van der Waals surface area (Å²) in [6, 6.07) is 0. The number of rotatable bonds is 5. The smallest absolute Gasteiger partial charge is 0.226 e. The second-order valence-corrected chi connectivity index (χ2v) is 5.64. The van der Waals surface area contributed by atoms with Gasteiger partial charge in [0.2, 0.25) is 15.9 Å². The van der Waals surface area contributed by atoms with E-state index in [2.05, 4.69) is 5.32 Å². The van der Waals surface area contributed by atoms with Crippen LogP contribution in [0.25, 0.3) is 0 Å². The predicted molar refractivity (Wildman–Crippen MR) is 55.5 cm³/mol. The van der Waals surface area contributed by atoms with E-state index in [1.165, 1.54) is 0 Å². The molecule has 0 aliphatic carbocycles. The Kier molecular flexibility index (Phi) is 4.83. The van der Waals surface area contributed by atoms with Gasteiger partial charge in [-0.15, -0.1) is 11.6 Å². The molecule has 0 radical (unpaired) electrons. The monoisotopic (exact) mass is 242 g/mol. The average Bonchev–Trinajstić information content (AvgIpc) is 2.02. The lowest BCUT2D eigenvalue weighted by atomic mass is 9.95. The van der Waals surface area contributed by atoms with Crippen LogP contribution in [0.1, 0.15) is 13.8 Å². The van der Waals surface area contributed by atoms with Crippen molar-refractivity contribution >= 4 is 27.5 Å². The number of nitrogens with one attached hydrogen (secondary N) is 1. The van der Waals surface area contributed by atoms with Crippen LogP contribution < -0.4 is 10.5 Å². The van der Waals surface area contributed by atoms with Crippen molar-refractivity contribution in [3.05, 3.63) is 0 Å². The van der Waals surface area contributed by atoms with Crippen LogP contribution in [0.5, 0.6) is 0 Å². The molecule has 0 aromatic carbocycles. The highest BCUT2D eigenvalue weighted by Gasteiger charge is 2.26. The van der Waals surface area contributed by atoms with Gasteiger partial charge in [-0.3, -0.25) is 4.79 Å². The van der Waals surface area contributed by atoms with Gasteiger partial charge in [-0.05, 0) is 13.8 Å². The molecule has 14 heavy (non-hydrogen) atoms. The number of hydrogen-bond acceptors (Lipinski definition) is 3. The highest BCUT2D eigenvalue weighted by atomic mass is 35.5. The molecular weight excluding hydrogens is 228 g/mol. The van der Waals surface area contributed by atoms with Crippen molar-refractivity contribution in [1.82, 2.24) is 5.32 Å². The SMILES string of the molecule is CC(C)(CCl)C(=O)NCCS(N)(=O)=O. The second-order valence-electron chi connectivity index (χ2n) is 3.64. The van der Waals surface area contributed by atoms with Crippen molar-refractivity contribution in [1.29, 1.82) is 0 Å². The zero-order chi connectivity index (χ0) is 11.4. The molecule has 0 atom stereocenters. The van der Waals surface area contributed by atoms with E-state index in [1.807, 2.05) is 0 Å². The van der Waals surface area contributed by atoms with Gasteiger partial charge in [-0.2, -0.15) is 0 Å². The fourth-order valence-corrected chi connectivity index (χ4v) is 1.11. The van der Waals surface area contributed by atoms with Crippen molar-refractivity contribution < 1.29 is 13.2 Å². The highest BCUT2D eigenvalue weighted by Crippen LogP contribution is 2.16. The van der Waals surface area contributed by atoms with Crippen LogP contribution in [0, 0.1) is 5.41 Å². The Balaban J connectivity index is 3.99. The molecule has 0 spiro atoms. The summed E-state index contributed by atoms with van der Waals surface area (Å²) in [7, 11) is -3.52. The Labute approximate surface area is 89.0 Å². The summed E-state index contributed by atoms with van der Waals surface area (Å²) < 4.78 is 21.1. The molecule has 3 N–H and O–H groups in total. The van der Waals surface area contributed by atoms with Gasteiger partial charge in [0.25, 0.3) is 0 Å². The van der Waals surface area contributed by atoms with Crippen molar-refractivity contribution in [2.24, 2.45) is 10.6 Å². The number of nitrogens with two attached hydrogens (primary N) is 1. The minimum Gasteiger partial charge on any atom is -0.355 e. The number of carbonyl (C=O) groups is 1. The van der Waals surface area contributed by atoms with Crippen molar-refractivity contribution in [3.63, 3.8) is 0 Å². The van der Waals surface area contributed by atoms with Gasteiger partial charge in [0.15, 0.2) is 0 Å². The third-order valence-corrected chi connectivity index (χ3v) is 3.06. The van der Waals surface area contributed by atoms with Gasteiger partial charge in [0, 0.05) is 12.4 Å². The molecule has 0 rings (SSSR count). The topological polar surface area (TPSA) is 89.3 Å². The van der Waals surface area contributed by atoms with Crippen LogP contribution >= 0.6 is 11.6 Å². The van der Waals surface area contributed by atoms with E-state index in [4.69, 9.17) is 16.7 Å². The number of hydrogen-bond donors (Lipinski definition) is 2. The largest absolute Gasteiger partial charge is 0.355 e. The average molecular weight is 243 g/mol. The zero-order valence-corrected chi connectivity index (χ0v) is 9.78. The summed E-state index contributed by atoms with van der Waals surface area (Å²) in [5.41, 5.74) is -0.695. The van der Waals surface area contributed by atoms with Gasteiger partial charge < -0.3 is 5.32 Å². The van der Waals surface area contributed by atoms with Crippen molar-refractivity contribution in [3.8, 4) is 0 Å². The molecule has 0 saturated heterocycles. The molecule has 84 valence electrons. The van der Waals surface area contributed by atoms with Crippen LogP contribution in [0.15, 0.2) is 0 Å². The first-order valence-electron chi connectivity index (χ1n) is 4.04. The second kappa shape index (κ2) is 4.95. The van der Waals surface area contributed by atoms with Crippen LogP contribution in [-0.4, -0.2) is 32.5 Å². The lowest BCUT2D eigenvalue weighted by Crippen LogP contribution is -2.40. The minimum atomic E-state index is -3.52. The van der Waals surface area contributed by atoms with E-state index >= 15 is 0 Å². The molecule has 0 heterocycles. The van der Waals surface area contributed by atoms with Gasteiger partial charge in [-0.1, -0.05) is 0 Å². The Morgan fingerprint density at radius 2 is 2.00 bits per heavy atom. The molecule has 0 aliphatic heterocycles. The third kappa shape index (κ3) is 5.41. The quantitative estimate of drug-likeness (QED) is 0.646. The predicted octanol–water partition coefficient (Wildman–Crippen LogP) is -0.344. The number of sulfonamides is 1. The van der Waals surface area contributed by atoms with Gasteiger partial charge >= 0.3 is 0 Å². The molecule has 0 aliphatic rings. The molecule has 0 aromatic rings. The first kappa shape index (κ1) is 13.7. The number of halogens is 1. The molecule has 0 aromatic heterocycles. The highest BCUT2D eigenvalue weighted by molar-refractivity contribution is 7.89. The summed E-state index contributed by atoms with van der Waals surface area (Å²) >= 11 is 5.55. The van der Waals surface area contributed by atoms with Crippen LogP contribution in [0.3, 0.4) is 0 Å². The fourth-order valence-electron chi connectivity index (χ4n) is 0.607. The van der Waals surface area contributed by atoms with Gasteiger partial charge in [0.05, 0.1) is 11.2 Å². The van der Waals surface area contributed by atoms with Gasteiger partial charge in [-0.25, -0.2) is 13.6 Å². The molecule has 1 amide bonds. The molecule has 7 heteroatoms. The number of carbonyl (C=O) groups excluding carboxylic acids is 1. The number of amides is 1. The van der Waals surface area contributed by atoms with E-state index in [1.54, 1.807) is 13.8 Å². The minimum absolute atomic E-state index is 0.0119. The maximum Gasteiger partial charge on any atom is 0.226 e. The van der Waals surface area contributed by atoms with Crippen molar-refractivity contribution in [2.45, 2.75) is 13.8 Å². The summed E-state index contributed by atoms with van der Waals surface area (Å²) in [5.74, 6) is -0.373. The first-order valence-corrected chi connectivity index (χ1v) is 6.29. The Morgan fingerprint density at radius 3 is 2.36 bits per heavy atom. The van der Waals surface area contributed by atoms with Crippen molar-refractivity contribution in [2.75, 3.05) is 18.2 Å². The van der Waals surface area contributed by atoms with E-state index in [-0.39, 0.29) is 24.1 Å². The van der Waals surface area contributed by atoms with E-state index < -0.39 is 15.4 Å². The summed E-state index contributed by atoms with van der Waals surface area (Å²) in [5, 5.41) is 7.21. The van der Waals surface area contributed by atoms with E-state index in [0.717, 1.165) is 0 Å². The fraction of sp³-hybridized carbons (Fsp3) is 0.857. The standard InChI is InChI=1S/C7H15ClN2O3S/c1-7(2,5-8)6(11)10-3-4-14(9,12)13/h3-5H2,1-2H3,(H,10,11)(H2,9,12,13). The summed E-state index contributed by atoms with van der Waals surface area (Å²) in [4.78, 5) is 11.4.